The molecular formula is C23H24FN5O3. The maximum atomic E-state index is 13.0. The Kier molecular flexibility index (Phi) is 5.89. The summed E-state index contributed by atoms with van der Waals surface area (Å²) in [7, 11) is 0. The summed E-state index contributed by atoms with van der Waals surface area (Å²) in [6.45, 7) is 4.61. The van der Waals surface area contributed by atoms with Crippen molar-refractivity contribution in [1.82, 2.24) is 14.9 Å². The van der Waals surface area contributed by atoms with Gasteiger partial charge in [0.15, 0.2) is 5.89 Å². The minimum atomic E-state index is -0.411. The van der Waals surface area contributed by atoms with Gasteiger partial charge in [0.2, 0.25) is 5.76 Å². The van der Waals surface area contributed by atoms with Crippen LogP contribution in [0.25, 0.3) is 0 Å². The van der Waals surface area contributed by atoms with Gasteiger partial charge in [0.25, 0.3) is 11.8 Å². The number of halogens is 1. The molecular weight excluding hydrogens is 413 g/mol. The molecule has 9 heteroatoms. The standard InChI is InChI=1S/C23H24FN5O3/c1-13-20(32-14(2)26-13)23(31)29-11-9-15(10-12-29)19-8-7-18(21(25)28-19)22(30)27-17-5-3-16(24)4-6-17/h3-8,15H,9-12H2,1-2H3,(H2,25,28)(H,27,30). The number of pyridine rings is 1. The van der Waals surface area contributed by atoms with Crippen molar-refractivity contribution in [2.75, 3.05) is 24.1 Å². The number of aryl methyl sites for hydroxylation is 2. The van der Waals surface area contributed by atoms with Crippen LogP contribution in [-0.4, -0.2) is 39.8 Å². The van der Waals surface area contributed by atoms with Gasteiger partial charge in [-0.25, -0.2) is 14.4 Å². The smallest absolute Gasteiger partial charge is 0.291 e. The fourth-order valence-electron chi connectivity index (χ4n) is 3.89. The van der Waals surface area contributed by atoms with Gasteiger partial charge in [-0.15, -0.1) is 0 Å². The Morgan fingerprint density at radius 2 is 1.78 bits per heavy atom. The molecule has 166 valence electrons. The normalized spacial score (nSPS) is 14.4. The molecule has 0 atom stereocenters. The first-order valence-electron chi connectivity index (χ1n) is 10.4. The molecule has 1 aliphatic rings. The van der Waals surface area contributed by atoms with E-state index < -0.39 is 5.91 Å². The minimum Gasteiger partial charge on any atom is -0.436 e. The fraction of sp³-hybridized carbons (Fsp3) is 0.304. The van der Waals surface area contributed by atoms with E-state index in [-0.39, 0.29) is 29.0 Å². The van der Waals surface area contributed by atoms with Crippen LogP contribution >= 0.6 is 0 Å². The average Bonchev–Trinajstić information content (AvgIpc) is 3.12. The number of amides is 2. The molecule has 32 heavy (non-hydrogen) atoms. The lowest BCUT2D eigenvalue weighted by atomic mass is 9.92. The van der Waals surface area contributed by atoms with Crippen LogP contribution in [0.15, 0.2) is 40.8 Å². The SMILES string of the molecule is Cc1nc(C)c(C(=O)N2CCC(c3ccc(C(=O)Nc4ccc(F)cc4)c(N)n3)CC2)o1. The molecule has 0 bridgehead atoms. The molecule has 0 unspecified atom stereocenters. The molecule has 8 nitrogen and oxygen atoms in total. The van der Waals surface area contributed by atoms with Gasteiger partial charge in [0.05, 0.1) is 11.3 Å². The lowest BCUT2D eigenvalue weighted by Crippen LogP contribution is -2.38. The molecule has 1 saturated heterocycles. The van der Waals surface area contributed by atoms with Crippen molar-refractivity contribution in [1.29, 1.82) is 0 Å². The molecule has 0 spiro atoms. The van der Waals surface area contributed by atoms with Crippen LogP contribution in [0, 0.1) is 19.7 Å². The number of nitrogens with zero attached hydrogens (tertiary/aromatic N) is 3. The van der Waals surface area contributed by atoms with E-state index >= 15 is 0 Å². The highest BCUT2D eigenvalue weighted by Crippen LogP contribution is 2.29. The van der Waals surface area contributed by atoms with E-state index in [0.29, 0.717) is 36.1 Å². The molecule has 0 radical (unpaired) electrons. The Labute approximate surface area is 184 Å². The number of likely N-dealkylation sites (tertiary alicyclic amines) is 1. The highest BCUT2D eigenvalue weighted by atomic mass is 19.1. The number of aromatic nitrogens is 2. The second kappa shape index (κ2) is 8.78. The largest absolute Gasteiger partial charge is 0.436 e. The summed E-state index contributed by atoms with van der Waals surface area (Å²) in [5, 5.41) is 2.68. The van der Waals surface area contributed by atoms with Crippen molar-refractivity contribution in [2.24, 2.45) is 0 Å². The predicted octanol–water partition coefficient (Wildman–Crippen LogP) is 3.68. The van der Waals surface area contributed by atoms with E-state index in [1.807, 2.05) is 0 Å². The van der Waals surface area contributed by atoms with Crippen molar-refractivity contribution < 1.29 is 18.4 Å². The van der Waals surface area contributed by atoms with E-state index in [9.17, 15) is 14.0 Å². The van der Waals surface area contributed by atoms with Gasteiger partial charge in [-0.05, 0) is 56.2 Å². The van der Waals surface area contributed by atoms with Crippen molar-refractivity contribution in [3.63, 3.8) is 0 Å². The molecule has 3 heterocycles. The average molecular weight is 437 g/mol. The van der Waals surface area contributed by atoms with Crippen molar-refractivity contribution >= 4 is 23.3 Å². The van der Waals surface area contributed by atoms with Crippen LogP contribution in [0.4, 0.5) is 15.9 Å². The Bertz CT molecular complexity index is 1150. The van der Waals surface area contributed by atoms with Gasteiger partial charge in [0, 0.05) is 37.3 Å². The highest BCUT2D eigenvalue weighted by Gasteiger charge is 2.28. The second-order valence-electron chi connectivity index (χ2n) is 7.84. The number of carbonyl (C=O) groups is 2. The van der Waals surface area contributed by atoms with E-state index in [1.54, 1.807) is 30.9 Å². The third-order valence-corrected chi connectivity index (χ3v) is 5.59. The van der Waals surface area contributed by atoms with Crippen LogP contribution in [-0.2, 0) is 0 Å². The Hall–Kier alpha value is -3.75. The number of hydrogen-bond donors (Lipinski definition) is 2. The van der Waals surface area contributed by atoms with Gasteiger partial charge in [0.1, 0.15) is 11.6 Å². The zero-order valence-electron chi connectivity index (χ0n) is 17.9. The molecule has 2 amide bonds. The Morgan fingerprint density at radius 1 is 1.09 bits per heavy atom. The summed E-state index contributed by atoms with van der Waals surface area (Å²) < 4.78 is 18.5. The van der Waals surface area contributed by atoms with Crippen LogP contribution in [0.1, 0.15) is 57.0 Å². The molecule has 0 saturated carbocycles. The lowest BCUT2D eigenvalue weighted by molar-refractivity contribution is 0.0677. The number of nitrogen functional groups attached to an aromatic ring is 1. The maximum absolute atomic E-state index is 13.0. The van der Waals surface area contributed by atoms with Crippen LogP contribution in [0.3, 0.4) is 0 Å². The third-order valence-electron chi connectivity index (χ3n) is 5.59. The second-order valence-corrected chi connectivity index (χ2v) is 7.84. The molecule has 1 aromatic carbocycles. The van der Waals surface area contributed by atoms with E-state index in [0.717, 1.165) is 18.5 Å². The first kappa shape index (κ1) is 21.5. The van der Waals surface area contributed by atoms with Gasteiger partial charge in [-0.3, -0.25) is 9.59 Å². The first-order chi connectivity index (χ1) is 15.3. The summed E-state index contributed by atoms with van der Waals surface area (Å²) >= 11 is 0. The predicted molar refractivity (Wildman–Crippen MR) is 117 cm³/mol. The zero-order chi connectivity index (χ0) is 22.8. The van der Waals surface area contributed by atoms with Gasteiger partial charge >= 0.3 is 0 Å². The van der Waals surface area contributed by atoms with E-state index in [1.165, 1.54) is 24.3 Å². The monoisotopic (exact) mass is 437 g/mol. The molecule has 4 rings (SSSR count). The van der Waals surface area contributed by atoms with Crippen molar-refractivity contribution in [3.8, 4) is 0 Å². The number of rotatable bonds is 4. The minimum absolute atomic E-state index is 0.133. The summed E-state index contributed by atoms with van der Waals surface area (Å²) in [4.78, 5) is 35.6. The topological polar surface area (TPSA) is 114 Å². The Balaban J connectivity index is 1.39. The molecule has 3 N–H and O–H groups in total. The summed E-state index contributed by atoms with van der Waals surface area (Å²) in [6.07, 6.45) is 1.46. The lowest BCUT2D eigenvalue weighted by Gasteiger charge is -2.31. The van der Waals surface area contributed by atoms with E-state index in [4.69, 9.17) is 10.2 Å². The van der Waals surface area contributed by atoms with Gasteiger partial charge < -0.3 is 20.4 Å². The number of nitrogens with one attached hydrogen (secondary N) is 1. The fourth-order valence-corrected chi connectivity index (χ4v) is 3.89. The molecule has 1 fully saturated rings. The number of carbonyl (C=O) groups excluding carboxylic acids is 2. The van der Waals surface area contributed by atoms with Crippen molar-refractivity contribution in [3.05, 3.63) is 70.8 Å². The molecule has 0 aliphatic carbocycles. The molecule has 1 aliphatic heterocycles. The van der Waals surface area contributed by atoms with E-state index in [2.05, 4.69) is 15.3 Å². The quantitative estimate of drug-likeness (QED) is 0.644. The number of benzene rings is 1. The van der Waals surface area contributed by atoms with Gasteiger partial charge in [-0.2, -0.15) is 0 Å². The van der Waals surface area contributed by atoms with Crippen LogP contribution in [0.5, 0.6) is 0 Å². The number of oxazole rings is 1. The van der Waals surface area contributed by atoms with Crippen LogP contribution in [0.2, 0.25) is 0 Å². The number of nitrogens with two attached hydrogens (primary N) is 1. The molecule has 3 aromatic rings. The Morgan fingerprint density at radius 3 is 2.38 bits per heavy atom. The third kappa shape index (κ3) is 4.46. The van der Waals surface area contributed by atoms with Crippen LogP contribution < -0.4 is 11.1 Å². The highest BCUT2D eigenvalue weighted by molar-refractivity contribution is 6.07. The zero-order valence-corrected chi connectivity index (χ0v) is 17.9. The molecule has 2 aromatic heterocycles. The number of anilines is 2. The van der Waals surface area contributed by atoms with Gasteiger partial charge in [-0.1, -0.05) is 0 Å². The van der Waals surface area contributed by atoms with Crippen molar-refractivity contribution in [2.45, 2.75) is 32.6 Å². The summed E-state index contributed by atoms with van der Waals surface area (Å²) in [5.74, 6) is 0.0887. The maximum Gasteiger partial charge on any atom is 0.291 e. The number of hydrogen-bond acceptors (Lipinski definition) is 6. The summed E-state index contributed by atoms with van der Waals surface area (Å²) in [5.41, 5.74) is 8.17. The summed E-state index contributed by atoms with van der Waals surface area (Å²) in [6, 6.07) is 8.92. The number of piperidine rings is 1. The first-order valence-corrected chi connectivity index (χ1v) is 10.4.